The molecule has 0 spiro atoms. The van der Waals surface area contributed by atoms with E-state index in [0.717, 1.165) is 4.68 Å². The highest BCUT2D eigenvalue weighted by atomic mass is 35.5. The molecular formula is C12H18Cl2N5O4+. The molecule has 0 saturated heterocycles. The van der Waals surface area contributed by atoms with Gasteiger partial charge in [-0.25, -0.2) is 4.68 Å². The molecule has 1 heterocycles. The van der Waals surface area contributed by atoms with Crippen molar-refractivity contribution in [2.45, 2.75) is 13.0 Å². The Morgan fingerprint density at radius 1 is 1.09 bits per heavy atom. The van der Waals surface area contributed by atoms with Gasteiger partial charge in [0.1, 0.15) is 10.0 Å². The Bertz CT molecular complexity index is 720. The van der Waals surface area contributed by atoms with Gasteiger partial charge in [0.25, 0.3) is 17.0 Å². The van der Waals surface area contributed by atoms with Gasteiger partial charge in [0.2, 0.25) is 5.91 Å². The average molecular weight is 367 g/mol. The number of hydrazine groups is 1. The van der Waals surface area contributed by atoms with Crippen LogP contribution in [0.2, 0.25) is 10.0 Å². The maximum atomic E-state index is 11.8. The maximum absolute atomic E-state index is 11.8. The Kier molecular flexibility index (Phi) is 6.37. The lowest BCUT2D eigenvalue weighted by Crippen LogP contribution is -2.50. The highest BCUT2D eigenvalue weighted by molar-refractivity contribution is 6.41. The maximum Gasteiger partial charge on any atom is 0.293 e. The van der Waals surface area contributed by atoms with Crippen LogP contribution < -0.4 is 22.0 Å². The largest absolute Gasteiger partial charge is 0.323 e. The van der Waals surface area contributed by atoms with Crippen molar-refractivity contribution in [3.8, 4) is 0 Å². The van der Waals surface area contributed by atoms with Crippen molar-refractivity contribution in [2.24, 2.45) is 0 Å². The summed E-state index contributed by atoms with van der Waals surface area (Å²) in [6.07, 6.45) is -0.154. The van der Waals surface area contributed by atoms with Gasteiger partial charge in [0.05, 0.1) is 27.7 Å². The number of hydrogen-bond donors (Lipinski definition) is 3. The lowest BCUT2D eigenvalue weighted by molar-refractivity contribution is -0.862. The topological polar surface area (TPSA) is 113 Å². The Balaban J connectivity index is 2.57. The Morgan fingerprint density at radius 2 is 1.65 bits per heavy atom. The van der Waals surface area contributed by atoms with Crippen molar-refractivity contribution in [3.63, 3.8) is 0 Å². The molecule has 0 aromatic carbocycles. The fraction of sp³-hybridized carbons (Fsp3) is 0.500. The van der Waals surface area contributed by atoms with Crippen molar-refractivity contribution >= 4 is 35.0 Å². The molecule has 1 aromatic heterocycles. The summed E-state index contributed by atoms with van der Waals surface area (Å²) in [6.45, 7) is 0.0574. The fourth-order valence-electron chi connectivity index (χ4n) is 1.58. The molecule has 0 bridgehead atoms. The third-order valence-corrected chi connectivity index (χ3v) is 3.39. The molecule has 0 fully saturated rings. The molecule has 0 aliphatic rings. The van der Waals surface area contributed by atoms with Gasteiger partial charge in [-0.05, 0) is 0 Å². The number of carbonyl (C=O) groups is 2. The standard InChI is InChI=1S/C12H17Cl2N5O4/c1-19(2,3)6-8(21)16-15-7(20)4-5-18-12(23)10(14)9(13)11(22)17-18/h4-6H2,1-3H3,(H2-,15,16,17,20,21,22,23)/p+1. The zero-order valence-corrected chi connectivity index (χ0v) is 14.4. The molecule has 128 valence electrons. The van der Waals surface area contributed by atoms with E-state index >= 15 is 0 Å². The van der Waals surface area contributed by atoms with Crippen LogP contribution in [0.25, 0.3) is 0 Å². The molecule has 0 aliphatic heterocycles. The fourth-order valence-corrected chi connectivity index (χ4v) is 1.89. The van der Waals surface area contributed by atoms with Crippen molar-refractivity contribution < 1.29 is 14.1 Å². The number of aromatic nitrogens is 2. The first-order valence-corrected chi connectivity index (χ1v) is 7.33. The van der Waals surface area contributed by atoms with Gasteiger partial charge in [-0.1, -0.05) is 23.2 Å². The molecule has 1 aromatic rings. The number of halogens is 2. The van der Waals surface area contributed by atoms with Crippen LogP contribution in [-0.4, -0.2) is 53.8 Å². The van der Waals surface area contributed by atoms with Crippen LogP contribution >= 0.6 is 23.2 Å². The van der Waals surface area contributed by atoms with Crippen LogP contribution in [0.4, 0.5) is 0 Å². The molecule has 23 heavy (non-hydrogen) atoms. The first kappa shape index (κ1) is 19.2. The number of rotatable bonds is 5. The number of nitrogens with zero attached hydrogens (tertiary/aromatic N) is 2. The molecule has 2 amide bonds. The van der Waals surface area contributed by atoms with Crippen molar-refractivity contribution in [1.29, 1.82) is 0 Å². The number of likely N-dealkylation sites (N-methyl/N-ethyl adjacent to an activating group) is 1. The van der Waals surface area contributed by atoms with E-state index in [-0.39, 0.29) is 25.4 Å². The number of carbonyl (C=O) groups excluding carboxylic acids is 2. The van der Waals surface area contributed by atoms with E-state index < -0.39 is 27.1 Å². The van der Waals surface area contributed by atoms with E-state index in [4.69, 9.17) is 23.2 Å². The summed E-state index contributed by atoms with van der Waals surface area (Å²) in [5, 5.41) is 1.39. The molecule has 9 nitrogen and oxygen atoms in total. The lowest BCUT2D eigenvalue weighted by atomic mass is 10.4. The molecule has 11 heteroatoms. The van der Waals surface area contributed by atoms with Gasteiger partial charge in [0.15, 0.2) is 6.54 Å². The van der Waals surface area contributed by atoms with E-state index in [1.165, 1.54) is 0 Å². The minimum absolute atomic E-state index is 0.123. The number of H-pyrrole nitrogens is 1. The molecule has 0 aliphatic carbocycles. The number of amides is 2. The summed E-state index contributed by atoms with van der Waals surface area (Å²) >= 11 is 11.2. The average Bonchev–Trinajstić information content (AvgIpc) is 2.43. The number of hydrogen-bond acceptors (Lipinski definition) is 4. The van der Waals surface area contributed by atoms with E-state index in [0.29, 0.717) is 4.48 Å². The van der Waals surface area contributed by atoms with Gasteiger partial charge >= 0.3 is 0 Å². The SMILES string of the molecule is C[N+](C)(C)CC(=O)NNC(=O)CCn1[nH]c(=O)c(Cl)c(Cl)c1=O. The van der Waals surface area contributed by atoms with Gasteiger partial charge in [-0.2, -0.15) is 0 Å². The molecule has 0 radical (unpaired) electrons. The predicted octanol–water partition coefficient (Wildman–Crippen LogP) is -0.913. The third kappa shape index (κ3) is 6.05. The van der Waals surface area contributed by atoms with Crippen LogP contribution in [0.5, 0.6) is 0 Å². The first-order chi connectivity index (χ1) is 10.5. The lowest BCUT2D eigenvalue weighted by Gasteiger charge is -2.22. The minimum Gasteiger partial charge on any atom is -0.323 e. The Labute approximate surface area is 141 Å². The highest BCUT2D eigenvalue weighted by Gasteiger charge is 2.15. The Hall–Kier alpha value is -1.84. The molecule has 0 unspecified atom stereocenters. The summed E-state index contributed by atoms with van der Waals surface area (Å²) in [6, 6.07) is 0. The van der Waals surface area contributed by atoms with Crippen LogP contribution in [0, 0.1) is 0 Å². The summed E-state index contributed by atoms with van der Waals surface area (Å²) < 4.78 is 1.28. The van der Waals surface area contributed by atoms with Gasteiger partial charge in [-0.3, -0.25) is 35.1 Å². The molecule has 0 atom stereocenters. The first-order valence-electron chi connectivity index (χ1n) is 6.57. The van der Waals surface area contributed by atoms with Crippen molar-refractivity contribution in [2.75, 3.05) is 27.7 Å². The molecular weight excluding hydrogens is 349 g/mol. The second-order valence-electron chi connectivity index (χ2n) is 5.82. The van der Waals surface area contributed by atoms with E-state index in [1.807, 2.05) is 21.1 Å². The van der Waals surface area contributed by atoms with Crippen LogP contribution in [0.3, 0.4) is 0 Å². The monoisotopic (exact) mass is 366 g/mol. The Morgan fingerprint density at radius 3 is 2.22 bits per heavy atom. The molecule has 3 N–H and O–H groups in total. The van der Waals surface area contributed by atoms with Gasteiger partial charge < -0.3 is 4.48 Å². The molecule has 1 rings (SSSR count). The second kappa shape index (κ2) is 7.62. The van der Waals surface area contributed by atoms with Crippen molar-refractivity contribution in [3.05, 3.63) is 30.8 Å². The van der Waals surface area contributed by atoms with Crippen LogP contribution in [-0.2, 0) is 16.1 Å². The number of nitrogens with one attached hydrogen (secondary N) is 3. The third-order valence-electron chi connectivity index (χ3n) is 2.58. The summed E-state index contributed by atoms with van der Waals surface area (Å²) in [4.78, 5) is 46.3. The molecule has 0 saturated carbocycles. The summed E-state index contributed by atoms with van der Waals surface area (Å²) in [7, 11) is 5.48. The van der Waals surface area contributed by atoms with Gasteiger partial charge in [0, 0.05) is 6.42 Å². The smallest absolute Gasteiger partial charge is 0.293 e. The van der Waals surface area contributed by atoms with Crippen molar-refractivity contribution in [1.82, 2.24) is 20.6 Å². The normalized spacial score (nSPS) is 11.2. The minimum atomic E-state index is -0.729. The quantitative estimate of drug-likeness (QED) is 0.462. The number of aromatic amines is 1. The summed E-state index contributed by atoms with van der Waals surface area (Å²) in [5.41, 5.74) is 3.04. The summed E-state index contributed by atoms with van der Waals surface area (Å²) in [5.74, 6) is -0.885. The van der Waals surface area contributed by atoms with E-state index in [2.05, 4.69) is 16.0 Å². The van der Waals surface area contributed by atoms with Gasteiger partial charge in [-0.15, -0.1) is 0 Å². The zero-order chi connectivity index (χ0) is 17.8. The van der Waals surface area contributed by atoms with Crippen LogP contribution in [0.1, 0.15) is 6.42 Å². The second-order valence-corrected chi connectivity index (χ2v) is 6.58. The van der Waals surface area contributed by atoms with E-state index in [9.17, 15) is 19.2 Å². The zero-order valence-electron chi connectivity index (χ0n) is 12.9. The van der Waals surface area contributed by atoms with Crippen LogP contribution in [0.15, 0.2) is 9.59 Å². The number of aryl methyl sites for hydroxylation is 1. The predicted molar refractivity (Wildman–Crippen MR) is 85.1 cm³/mol. The number of quaternary nitrogens is 1. The highest BCUT2D eigenvalue weighted by Crippen LogP contribution is 2.10. The van der Waals surface area contributed by atoms with E-state index in [1.54, 1.807) is 0 Å².